The summed E-state index contributed by atoms with van der Waals surface area (Å²) in [5.41, 5.74) is 4.23. The van der Waals surface area contributed by atoms with Crippen LogP contribution in [0.2, 0.25) is 0 Å². The van der Waals surface area contributed by atoms with E-state index in [0.29, 0.717) is 22.8 Å². The van der Waals surface area contributed by atoms with Crippen LogP contribution in [0.4, 0.5) is 11.4 Å². The highest BCUT2D eigenvalue weighted by molar-refractivity contribution is 6.03. The fourth-order valence-corrected chi connectivity index (χ4v) is 3.26. The van der Waals surface area contributed by atoms with E-state index in [1.54, 1.807) is 31.0 Å². The van der Waals surface area contributed by atoms with Crippen LogP contribution in [-0.2, 0) is 0 Å². The fourth-order valence-electron chi connectivity index (χ4n) is 3.26. The third-order valence-corrected chi connectivity index (χ3v) is 4.91. The Morgan fingerprint density at radius 1 is 0.968 bits per heavy atom. The van der Waals surface area contributed by atoms with Crippen LogP contribution in [0, 0.1) is 0 Å². The van der Waals surface area contributed by atoms with Crippen LogP contribution in [0.1, 0.15) is 10.5 Å². The number of nitrogens with one attached hydrogen (secondary N) is 1. The summed E-state index contributed by atoms with van der Waals surface area (Å²) in [6, 6.07) is 16.7. The van der Waals surface area contributed by atoms with Crippen molar-refractivity contribution in [3.63, 3.8) is 0 Å². The lowest BCUT2D eigenvalue weighted by Crippen LogP contribution is -2.13. The van der Waals surface area contributed by atoms with Gasteiger partial charge in [-0.3, -0.25) is 4.79 Å². The summed E-state index contributed by atoms with van der Waals surface area (Å²) in [6.07, 6.45) is 1.69. The molecule has 31 heavy (non-hydrogen) atoms. The minimum atomic E-state index is -0.304. The molecular weight excluding hydrogens is 394 g/mol. The molecule has 0 saturated heterocycles. The average molecular weight is 417 g/mol. The lowest BCUT2D eigenvalue weighted by atomic mass is 10.1. The molecule has 8 heteroatoms. The van der Waals surface area contributed by atoms with E-state index >= 15 is 0 Å². The Morgan fingerprint density at radius 3 is 2.39 bits per heavy atom. The van der Waals surface area contributed by atoms with E-state index in [9.17, 15) is 4.79 Å². The van der Waals surface area contributed by atoms with Crippen LogP contribution in [0.15, 0.2) is 60.8 Å². The van der Waals surface area contributed by atoms with E-state index in [2.05, 4.69) is 15.4 Å². The van der Waals surface area contributed by atoms with Crippen molar-refractivity contribution in [1.29, 1.82) is 0 Å². The highest BCUT2D eigenvalue weighted by Gasteiger charge is 2.15. The molecule has 0 spiro atoms. The van der Waals surface area contributed by atoms with E-state index in [4.69, 9.17) is 9.47 Å². The molecule has 1 N–H and O–H groups in total. The highest BCUT2D eigenvalue weighted by Crippen LogP contribution is 2.32. The van der Waals surface area contributed by atoms with Gasteiger partial charge in [-0.05, 0) is 48.5 Å². The Morgan fingerprint density at radius 2 is 1.71 bits per heavy atom. The first-order valence-corrected chi connectivity index (χ1v) is 9.66. The number of methoxy groups -OCH3 is 2. The molecule has 4 rings (SSSR count). The number of rotatable bonds is 6. The molecular formula is C23H23N5O3. The molecule has 0 saturated carbocycles. The molecule has 0 aliphatic carbocycles. The van der Waals surface area contributed by atoms with Gasteiger partial charge in [-0.2, -0.15) is 5.10 Å². The maximum Gasteiger partial charge on any atom is 0.276 e. The van der Waals surface area contributed by atoms with Gasteiger partial charge < -0.3 is 19.7 Å². The van der Waals surface area contributed by atoms with Gasteiger partial charge in [0, 0.05) is 43.3 Å². The number of amides is 1. The Hall–Kier alpha value is -4.07. The first-order chi connectivity index (χ1) is 15.0. The van der Waals surface area contributed by atoms with Crippen molar-refractivity contribution < 1.29 is 14.3 Å². The number of hydrogen-bond acceptors (Lipinski definition) is 6. The monoisotopic (exact) mass is 417 g/mol. The van der Waals surface area contributed by atoms with Gasteiger partial charge in [-0.15, -0.1) is 0 Å². The predicted molar refractivity (Wildman–Crippen MR) is 120 cm³/mol. The SMILES string of the molecule is COc1ccc(-c2ccnc3cc(C(=O)Nc4ccc(N(C)C)cc4)nn23)cc1OC. The Kier molecular flexibility index (Phi) is 5.44. The van der Waals surface area contributed by atoms with Crippen molar-refractivity contribution in [2.24, 2.45) is 0 Å². The second-order valence-electron chi connectivity index (χ2n) is 7.09. The molecule has 8 nitrogen and oxygen atoms in total. The summed E-state index contributed by atoms with van der Waals surface area (Å²) in [5, 5.41) is 7.37. The quantitative estimate of drug-likeness (QED) is 0.515. The maximum atomic E-state index is 12.8. The molecule has 0 atom stereocenters. The van der Waals surface area contributed by atoms with Gasteiger partial charge in [0.15, 0.2) is 22.8 Å². The van der Waals surface area contributed by atoms with Gasteiger partial charge in [0.1, 0.15) is 0 Å². The van der Waals surface area contributed by atoms with E-state index in [1.807, 2.05) is 67.5 Å². The minimum absolute atomic E-state index is 0.275. The molecule has 2 aromatic heterocycles. The van der Waals surface area contributed by atoms with Gasteiger partial charge in [0.05, 0.1) is 19.9 Å². The Labute approximate surface area is 180 Å². The lowest BCUT2D eigenvalue weighted by Gasteiger charge is -2.12. The standard InChI is InChI=1S/C23H23N5O3/c1-27(2)17-8-6-16(7-9-17)25-23(29)18-14-22-24-12-11-19(28(22)26-18)15-5-10-20(30-3)21(13-15)31-4/h5-14H,1-4H3,(H,25,29). The third-order valence-electron chi connectivity index (χ3n) is 4.91. The number of carbonyl (C=O) groups is 1. The van der Waals surface area contributed by atoms with Crippen LogP contribution in [0.25, 0.3) is 16.9 Å². The molecule has 2 aromatic carbocycles. The van der Waals surface area contributed by atoms with Crippen LogP contribution < -0.4 is 19.7 Å². The molecule has 2 heterocycles. The zero-order chi connectivity index (χ0) is 22.0. The summed E-state index contributed by atoms with van der Waals surface area (Å²) in [4.78, 5) is 19.1. The summed E-state index contributed by atoms with van der Waals surface area (Å²) >= 11 is 0. The van der Waals surface area contributed by atoms with Crippen LogP contribution >= 0.6 is 0 Å². The number of aromatic nitrogens is 3. The first kappa shape index (κ1) is 20.2. The van der Waals surface area contributed by atoms with Crippen LogP contribution in [-0.4, -0.2) is 48.8 Å². The number of fused-ring (bicyclic) bond motifs is 1. The molecule has 0 fully saturated rings. The van der Waals surface area contributed by atoms with Crippen molar-refractivity contribution in [3.8, 4) is 22.8 Å². The van der Waals surface area contributed by atoms with Crippen molar-refractivity contribution >= 4 is 22.9 Å². The van der Waals surface area contributed by atoms with Gasteiger partial charge >= 0.3 is 0 Å². The number of benzene rings is 2. The van der Waals surface area contributed by atoms with Gasteiger partial charge in [0.2, 0.25) is 0 Å². The number of nitrogens with zero attached hydrogens (tertiary/aromatic N) is 4. The van der Waals surface area contributed by atoms with Gasteiger partial charge in [0.25, 0.3) is 5.91 Å². The maximum absolute atomic E-state index is 12.8. The Balaban J connectivity index is 1.65. The third kappa shape index (κ3) is 4.00. The zero-order valence-electron chi connectivity index (χ0n) is 17.8. The topological polar surface area (TPSA) is 81.0 Å². The molecule has 158 valence electrons. The van der Waals surface area contributed by atoms with Gasteiger partial charge in [-0.25, -0.2) is 9.50 Å². The predicted octanol–water partition coefficient (Wildman–Crippen LogP) is 3.73. The molecule has 0 bridgehead atoms. The molecule has 0 radical (unpaired) electrons. The van der Waals surface area contributed by atoms with Crippen molar-refractivity contribution in [1.82, 2.24) is 14.6 Å². The molecule has 4 aromatic rings. The Bertz CT molecular complexity index is 1230. The normalized spacial score (nSPS) is 10.7. The molecule has 1 amide bonds. The highest BCUT2D eigenvalue weighted by atomic mass is 16.5. The second kappa shape index (κ2) is 8.35. The molecule has 0 aliphatic heterocycles. The van der Waals surface area contributed by atoms with Crippen LogP contribution in [0.3, 0.4) is 0 Å². The first-order valence-electron chi connectivity index (χ1n) is 9.66. The van der Waals surface area contributed by atoms with Crippen molar-refractivity contribution in [2.75, 3.05) is 38.5 Å². The van der Waals surface area contributed by atoms with Crippen molar-refractivity contribution in [3.05, 3.63) is 66.5 Å². The number of carbonyl (C=O) groups excluding carboxylic acids is 1. The largest absolute Gasteiger partial charge is 0.493 e. The fraction of sp³-hybridized carbons (Fsp3) is 0.174. The summed E-state index contributed by atoms with van der Waals surface area (Å²) in [5.74, 6) is 0.940. The smallest absolute Gasteiger partial charge is 0.276 e. The van der Waals surface area contributed by atoms with E-state index in [0.717, 1.165) is 16.9 Å². The summed E-state index contributed by atoms with van der Waals surface area (Å²) < 4.78 is 12.4. The second-order valence-corrected chi connectivity index (χ2v) is 7.09. The van der Waals surface area contributed by atoms with Crippen LogP contribution in [0.5, 0.6) is 11.5 Å². The minimum Gasteiger partial charge on any atom is -0.493 e. The number of anilines is 2. The number of ether oxygens (including phenoxy) is 2. The average Bonchev–Trinajstić information content (AvgIpc) is 3.23. The van der Waals surface area contributed by atoms with E-state index in [1.165, 1.54) is 0 Å². The van der Waals surface area contributed by atoms with Gasteiger partial charge in [-0.1, -0.05) is 0 Å². The zero-order valence-corrected chi connectivity index (χ0v) is 17.8. The molecule has 0 unspecified atom stereocenters. The van der Waals surface area contributed by atoms with Crippen molar-refractivity contribution in [2.45, 2.75) is 0 Å². The lowest BCUT2D eigenvalue weighted by molar-refractivity contribution is 0.102. The van der Waals surface area contributed by atoms with E-state index < -0.39 is 0 Å². The number of hydrogen-bond donors (Lipinski definition) is 1. The summed E-state index contributed by atoms with van der Waals surface area (Å²) in [6.45, 7) is 0. The summed E-state index contributed by atoms with van der Waals surface area (Å²) in [7, 11) is 7.11. The van der Waals surface area contributed by atoms with E-state index in [-0.39, 0.29) is 11.6 Å². The molecule has 0 aliphatic rings.